The predicted octanol–water partition coefficient (Wildman–Crippen LogP) is 3.38. The number of ether oxygens (including phenoxy) is 2. The first-order valence-corrected chi connectivity index (χ1v) is 8.67. The Hall–Kier alpha value is -2.80. The molecule has 0 heterocycles. The van der Waals surface area contributed by atoms with Crippen LogP contribution in [0.25, 0.3) is 0 Å². The van der Waals surface area contributed by atoms with Gasteiger partial charge in [-0.3, -0.25) is 4.79 Å². The van der Waals surface area contributed by atoms with Crippen LogP contribution in [-0.4, -0.2) is 37.3 Å². The van der Waals surface area contributed by atoms with Gasteiger partial charge in [0.05, 0.1) is 30.6 Å². The lowest BCUT2D eigenvalue weighted by Gasteiger charge is -2.13. The second-order valence-electron chi connectivity index (χ2n) is 5.34. The number of esters is 2. The summed E-state index contributed by atoms with van der Waals surface area (Å²) in [6, 6.07) is 13.8. The summed E-state index contributed by atoms with van der Waals surface area (Å²) >= 11 is 1.41. The lowest BCUT2D eigenvalue weighted by atomic mass is 10.1. The number of amides is 1. The number of carbonyl (C=O) groups is 3. The van der Waals surface area contributed by atoms with Gasteiger partial charge < -0.3 is 14.8 Å². The van der Waals surface area contributed by atoms with Crippen LogP contribution >= 0.6 is 11.8 Å². The predicted molar refractivity (Wildman–Crippen MR) is 99.5 cm³/mol. The second-order valence-corrected chi connectivity index (χ2v) is 6.76. The Labute approximate surface area is 155 Å². The Kier molecular flexibility index (Phi) is 6.80. The van der Waals surface area contributed by atoms with E-state index in [1.807, 2.05) is 30.3 Å². The van der Waals surface area contributed by atoms with Crippen LogP contribution in [0.5, 0.6) is 0 Å². The molecule has 0 spiro atoms. The van der Waals surface area contributed by atoms with Crippen LogP contribution in [0.2, 0.25) is 0 Å². The van der Waals surface area contributed by atoms with Crippen LogP contribution in [0, 0.1) is 0 Å². The van der Waals surface area contributed by atoms with E-state index in [4.69, 9.17) is 0 Å². The summed E-state index contributed by atoms with van der Waals surface area (Å²) in [5.41, 5.74) is 0.613. The minimum Gasteiger partial charge on any atom is -0.465 e. The number of carbonyl (C=O) groups excluding carboxylic acids is 3. The maximum Gasteiger partial charge on any atom is 0.337 e. The number of anilines is 1. The van der Waals surface area contributed by atoms with Gasteiger partial charge in [0.2, 0.25) is 5.91 Å². The molecule has 0 aromatic heterocycles. The number of methoxy groups -OCH3 is 2. The number of benzene rings is 2. The van der Waals surface area contributed by atoms with E-state index in [9.17, 15) is 14.4 Å². The third-order valence-electron chi connectivity index (χ3n) is 3.47. The third-order valence-corrected chi connectivity index (χ3v) is 4.58. The molecule has 7 heteroatoms. The minimum atomic E-state index is -0.613. The van der Waals surface area contributed by atoms with Crippen LogP contribution in [0.3, 0.4) is 0 Å². The molecule has 1 N–H and O–H groups in total. The molecule has 6 nitrogen and oxygen atoms in total. The zero-order chi connectivity index (χ0) is 19.1. The molecule has 2 aromatic carbocycles. The van der Waals surface area contributed by atoms with Crippen LogP contribution in [0.4, 0.5) is 5.69 Å². The molecular formula is C19H19NO5S. The van der Waals surface area contributed by atoms with E-state index in [0.29, 0.717) is 5.69 Å². The molecule has 0 unspecified atom stereocenters. The van der Waals surface area contributed by atoms with Gasteiger partial charge in [-0.05, 0) is 37.3 Å². The third kappa shape index (κ3) is 5.10. The lowest BCUT2D eigenvalue weighted by molar-refractivity contribution is -0.115. The fourth-order valence-electron chi connectivity index (χ4n) is 2.17. The van der Waals surface area contributed by atoms with E-state index >= 15 is 0 Å². The van der Waals surface area contributed by atoms with Crippen LogP contribution in [-0.2, 0) is 14.3 Å². The summed E-state index contributed by atoms with van der Waals surface area (Å²) in [7, 11) is 2.48. The van der Waals surface area contributed by atoms with E-state index in [-0.39, 0.29) is 22.3 Å². The Morgan fingerprint density at radius 2 is 1.46 bits per heavy atom. The Bertz CT molecular complexity index is 773. The molecule has 0 saturated carbocycles. The van der Waals surface area contributed by atoms with Crippen LogP contribution in [0.1, 0.15) is 27.6 Å². The van der Waals surface area contributed by atoms with Crippen molar-refractivity contribution in [3.8, 4) is 0 Å². The van der Waals surface area contributed by atoms with Gasteiger partial charge in [0.25, 0.3) is 0 Å². The molecule has 1 amide bonds. The number of hydrogen-bond acceptors (Lipinski definition) is 6. The highest BCUT2D eigenvalue weighted by molar-refractivity contribution is 8.00. The molecule has 0 fully saturated rings. The molecule has 2 rings (SSSR count). The fraction of sp³-hybridized carbons (Fsp3) is 0.211. The second kappa shape index (κ2) is 9.05. The molecule has 0 bridgehead atoms. The maximum absolute atomic E-state index is 12.5. The van der Waals surface area contributed by atoms with Crippen molar-refractivity contribution in [2.45, 2.75) is 17.1 Å². The van der Waals surface area contributed by atoms with Crippen molar-refractivity contribution in [1.82, 2.24) is 0 Å². The maximum atomic E-state index is 12.5. The Morgan fingerprint density at radius 3 is 1.96 bits per heavy atom. The first-order valence-electron chi connectivity index (χ1n) is 7.79. The Morgan fingerprint density at radius 1 is 0.923 bits per heavy atom. The van der Waals surface area contributed by atoms with E-state index in [2.05, 4.69) is 14.8 Å². The summed E-state index contributed by atoms with van der Waals surface area (Å²) in [5.74, 6) is -1.48. The highest BCUT2D eigenvalue weighted by Gasteiger charge is 2.18. The largest absolute Gasteiger partial charge is 0.465 e. The van der Waals surface area contributed by atoms with Crippen molar-refractivity contribution < 1.29 is 23.9 Å². The first kappa shape index (κ1) is 19.5. The summed E-state index contributed by atoms with van der Waals surface area (Å²) in [5, 5.41) is 2.35. The van der Waals surface area contributed by atoms with Crippen molar-refractivity contribution in [2.75, 3.05) is 19.5 Å². The van der Waals surface area contributed by atoms with Gasteiger partial charge in [-0.25, -0.2) is 9.59 Å². The van der Waals surface area contributed by atoms with E-state index in [0.717, 1.165) is 4.90 Å². The molecule has 0 aliphatic carbocycles. The fourth-order valence-corrected chi connectivity index (χ4v) is 3.06. The van der Waals surface area contributed by atoms with Crippen LogP contribution in [0.15, 0.2) is 53.4 Å². The van der Waals surface area contributed by atoms with Crippen LogP contribution < -0.4 is 5.32 Å². The smallest absolute Gasteiger partial charge is 0.337 e. The average molecular weight is 373 g/mol. The van der Waals surface area contributed by atoms with Crippen molar-refractivity contribution in [3.05, 3.63) is 59.7 Å². The highest BCUT2D eigenvalue weighted by Crippen LogP contribution is 2.24. The molecule has 26 heavy (non-hydrogen) atoms. The highest BCUT2D eigenvalue weighted by atomic mass is 32.2. The van der Waals surface area contributed by atoms with Crippen molar-refractivity contribution in [3.63, 3.8) is 0 Å². The molecule has 1 atom stereocenters. The van der Waals surface area contributed by atoms with Crippen molar-refractivity contribution in [2.24, 2.45) is 0 Å². The van der Waals surface area contributed by atoms with Crippen molar-refractivity contribution >= 4 is 35.3 Å². The molecule has 0 aliphatic heterocycles. The molecule has 0 aliphatic rings. The summed E-state index contributed by atoms with van der Waals surface area (Å²) in [6.45, 7) is 1.78. The number of nitrogens with one attached hydrogen (secondary N) is 1. The summed E-state index contributed by atoms with van der Waals surface area (Å²) < 4.78 is 9.37. The van der Waals surface area contributed by atoms with Gasteiger partial charge in [-0.1, -0.05) is 18.2 Å². The van der Waals surface area contributed by atoms with Gasteiger partial charge in [-0.15, -0.1) is 11.8 Å². The van der Waals surface area contributed by atoms with Crippen molar-refractivity contribution in [1.29, 1.82) is 0 Å². The SMILES string of the molecule is COC(=O)c1cc(NC(=O)[C@@H](C)Sc2ccccc2)cc(C(=O)OC)c1. The Balaban J connectivity index is 2.19. The zero-order valence-corrected chi connectivity index (χ0v) is 15.5. The molecule has 0 radical (unpaired) electrons. The van der Waals surface area contributed by atoms with Gasteiger partial charge in [0.15, 0.2) is 0 Å². The number of thioether (sulfide) groups is 1. The normalized spacial score (nSPS) is 11.3. The quantitative estimate of drug-likeness (QED) is 0.617. The molecular weight excluding hydrogens is 354 g/mol. The van der Waals surface area contributed by atoms with E-state index in [1.165, 1.54) is 44.2 Å². The molecule has 136 valence electrons. The zero-order valence-electron chi connectivity index (χ0n) is 14.6. The average Bonchev–Trinajstić information content (AvgIpc) is 2.67. The minimum absolute atomic E-state index is 0.147. The molecule has 2 aromatic rings. The standard InChI is InChI=1S/C19H19NO5S/c1-12(26-16-7-5-4-6-8-16)17(21)20-15-10-13(18(22)24-2)9-14(11-15)19(23)25-3/h4-12H,1-3H3,(H,20,21)/t12-/m1/s1. The lowest BCUT2D eigenvalue weighted by Crippen LogP contribution is -2.23. The summed E-state index contributed by atoms with van der Waals surface area (Å²) in [6.07, 6.45) is 0. The van der Waals surface area contributed by atoms with Gasteiger partial charge in [0.1, 0.15) is 0 Å². The topological polar surface area (TPSA) is 81.7 Å². The summed E-state index contributed by atoms with van der Waals surface area (Å²) in [4.78, 5) is 37.0. The van der Waals surface area contributed by atoms with E-state index < -0.39 is 11.9 Å². The van der Waals surface area contributed by atoms with Gasteiger partial charge in [0, 0.05) is 10.6 Å². The van der Waals surface area contributed by atoms with Gasteiger partial charge in [-0.2, -0.15) is 0 Å². The number of rotatable bonds is 6. The molecule has 0 saturated heterocycles. The number of hydrogen-bond donors (Lipinski definition) is 1. The first-order chi connectivity index (χ1) is 12.4. The van der Waals surface area contributed by atoms with Gasteiger partial charge >= 0.3 is 11.9 Å². The van der Waals surface area contributed by atoms with E-state index in [1.54, 1.807) is 6.92 Å². The monoisotopic (exact) mass is 373 g/mol.